The van der Waals surface area contributed by atoms with Gasteiger partial charge < -0.3 is 0 Å². The molecule has 0 atom stereocenters. The normalized spacial score (nSPS) is 11.2. The number of fused-ring (bicyclic) bond motifs is 1. The van der Waals surface area contributed by atoms with Crippen molar-refractivity contribution < 1.29 is 4.57 Å². The van der Waals surface area contributed by atoms with E-state index in [1.54, 1.807) is 0 Å². The molecule has 0 unspecified atom stereocenters. The first-order chi connectivity index (χ1) is 10.1. The van der Waals surface area contributed by atoms with Gasteiger partial charge in [0.1, 0.15) is 11.0 Å². The van der Waals surface area contributed by atoms with Crippen LogP contribution in [0.25, 0.3) is 11.0 Å². The zero-order valence-electron chi connectivity index (χ0n) is 12.2. The molecule has 0 spiro atoms. The number of halogens is 1. The highest BCUT2D eigenvalue weighted by Crippen LogP contribution is 2.16. The molecule has 0 amide bonds. The number of aromatic amines is 1. The average molecular weight is 301 g/mol. The number of imidazole rings is 1. The van der Waals surface area contributed by atoms with Crippen LogP contribution in [0.3, 0.4) is 0 Å². The fourth-order valence-corrected chi connectivity index (χ4v) is 2.68. The molecule has 2 N–H and O–H groups in total. The second-order valence-electron chi connectivity index (χ2n) is 5.43. The van der Waals surface area contributed by atoms with E-state index < -0.39 is 0 Å². The van der Waals surface area contributed by atoms with E-state index in [2.05, 4.69) is 46.9 Å². The third-order valence-corrected chi connectivity index (χ3v) is 3.80. The lowest BCUT2D eigenvalue weighted by molar-refractivity contribution is -0.677. The lowest BCUT2D eigenvalue weighted by atomic mass is 10.2. The number of nitrogens with one attached hydrogen (secondary N) is 2. The molecule has 0 saturated carbocycles. The van der Waals surface area contributed by atoms with Gasteiger partial charge in [0, 0.05) is 5.02 Å². The molecule has 0 bridgehead atoms. The largest absolute Gasteiger partial charge is 0.356 e. The van der Waals surface area contributed by atoms with Gasteiger partial charge in [-0.25, -0.2) is 9.55 Å². The fraction of sp³-hybridized carbons (Fsp3) is 0.235. The van der Waals surface area contributed by atoms with Crippen molar-refractivity contribution in [2.24, 2.45) is 0 Å². The number of nitrogens with zero attached hydrogens (tertiary/aromatic N) is 1. The van der Waals surface area contributed by atoms with Crippen molar-refractivity contribution in [1.29, 1.82) is 0 Å². The van der Waals surface area contributed by atoms with Crippen LogP contribution in [0.15, 0.2) is 48.5 Å². The quantitative estimate of drug-likeness (QED) is 0.692. The molecule has 3 aromatic rings. The second kappa shape index (κ2) is 5.78. The van der Waals surface area contributed by atoms with Crippen LogP contribution in [0.1, 0.15) is 25.5 Å². The lowest BCUT2D eigenvalue weighted by Gasteiger charge is -2.07. The molecule has 3 nitrogen and oxygen atoms in total. The number of hydrogen-bond donors (Lipinski definition) is 2. The van der Waals surface area contributed by atoms with E-state index in [4.69, 9.17) is 11.6 Å². The molecule has 1 aromatic heterocycles. The summed E-state index contributed by atoms with van der Waals surface area (Å²) in [7, 11) is 0. The molecule has 0 radical (unpaired) electrons. The number of benzene rings is 2. The second-order valence-corrected chi connectivity index (χ2v) is 5.87. The summed E-state index contributed by atoms with van der Waals surface area (Å²) in [6, 6.07) is 16.6. The van der Waals surface area contributed by atoms with Crippen LogP contribution in [-0.4, -0.2) is 4.98 Å². The molecule has 0 fully saturated rings. The molecule has 1 heterocycles. The van der Waals surface area contributed by atoms with Crippen LogP contribution in [0.4, 0.5) is 5.95 Å². The van der Waals surface area contributed by atoms with Gasteiger partial charge in [-0.1, -0.05) is 35.9 Å². The molecule has 3 rings (SSSR count). The van der Waals surface area contributed by atoms with Gasteiger partial charge in [0.05, 0.1) is 12.6 Å². The minimum Gasteiger partial charge on any atom is -0.273 e. The number of H-pyrrole nitrogens is 1. The SMILES string of the molecule is CC(C)[n+]1c(NCc2ccc(Cl)cc2)[nH]c2ccccc21. The molecule has 0 aliphatic rings. The van der Waals surface area contributed by atoms with Crippen LogP contribution >= 0.6 is 11.6 Å². The summed E-state index contributed by atoms with van der Waals surface area (Å²) in [5, 5.41) is 4.25. The van der Waals surface area contributed by atoms with Gasteiger partial charge in [-0.05, 0) is 43.7 Å². The summed E-state index contributed by atoms with van der Waals surface area (Å²) >= 11 is 5.92. The van der Waals surface area contributed by atoms with E-state index in [0.717, 1.165) is 23.0 Å². The van der Waals surface area contributed by atoms with E-state index in [1.165, 1.54) is 11.1 Å². The third kappa shape index (κ3) is 2.88. The number of hydrogen-bond acceptors (Lipinski definition) is 1. The molecule has 0 aliphatic carbocycles. The van der Waals surface area contributed by atoms with E-state index in [-0.39, 0.29) is 0 Å². The predicted molar refractivity (Wildman–Crippen MR) is 87.7 cm³/mol. The molecule has 2 aromatic carbocycles. The van der Waals surface area contributed by atoms with Crippen molar-refractivity contribution in [2.45, 2.75) is 26.4 Å². The number of para-hydroxylation sites is 2. The highest BCUT2D eigenvalue weighted by molar-refractivity contribution is 6.30. The smallest absolute Gasteiger partial charge is 0.273 e. The summed E-state index contributed by atoms with van der Waals surface area (Å²) in [5.74, 6) is 1.03. The van der Waals surface area contributed by atoms with Crippen LogP contribution in [-0.2, 0) is 6.54 Å². The lowest BCUT2D eigenvalue weighted by Crippen LogP contribution is -2.38. The minimum atomic E-state index is 0.383. The van der Waals surface area contributed by atoms with E-state index in [0.29, 0.717) is 6.04 Å². The van der Waals surface area contributed by atoms with Crippen LogP contribution in [0.2, 0.25) is 5.02 Å². The van der Waals surface area contributed by atoms with Crippen molar-refractivity contribution in [3.8, 4) is 0 Å². The number of rotatable bonds is 4. The maximum atomic E-state index is 5.92. The van der Waals surface area contributed by atoms with E-state index >= 15 is 0 Å². The van der Waals surface area contributed by atoms with Gasteiger partial charge >= 0.3 is 5.95 Å². The van der Waals surface area contributed by atoms with Gasteiger partial charge in [-0.2, -0.15) is 0 Å². The Labute approximate surface area is 129 Å². The van der Waals surface area contributed by atoms with Crippen molar-refractivity contribution >= 4 is 28.6 Å². The number of anilines is 1. The zero-order chi connectivity index (χ0) is 14.8. The number of aromatic nitrogens is 2. The summed E-state index contributed by atoms with van der Waals surface area (Å²) in [6.07, 6.45) is 0. The zero-order valence-corrected chi connectivity index (χ0v) is 13.0. The Hall–Kier alpha value is -2.00. The topological polar surface area (TPSA) is 31.7 Å². The Kier molecular flexibility index (Phi) is 3.84. The summed E-state index contributed by atoms with van der Waals surface area (Å²) in [5.41, 5.74) is 3.56. The van der Waals surface area contributed by atoms with E-state index in [9.17, 15) is 0 Å². The Morgan fingerprint density at radius 2 is 1.81 bits per heavy atom. The molecule has 21 heavy (non-hydrogen) atoms. The predicted octanol–water partition coefficient (Wildman–Crippen LogP) is 4.30. The van der Waals surface area contributed by atoms with Crippen molar-refractivity contribution in [1.82, 2.24) is 4.98 Å². The van der Waals surface area contributed by atoms with Gasteiger partial charge in [-0.3, -0.25) is 5.32 Å². The monoisotopic (exact) mass is 300 g/mol. The fourth-order valence-electron chi connectivity index (χ4n) is 2.55. The summed E-state index contributed by atoms with van der Waals surface area (Å²) < 4.78 is 2.28. The summed E-state index contributed by atoms with van der Waals surface area (Å²) in [6.45, 7) is 5.14. The summed E-state index contributed by atoms with van der Waals surface area (Å²) in [4.78, 5) is 3.45. The first-order valence-electron chi connectivity index (χ1n) is 7.15. The Bertz CT molecular complexity index is 744. The molecular weight excluding hydrogens is 282 g/mol. The molecule has 0 saturated heterocycles. The van der Waals surface area contributed by atoms with Crippen molar-refractivity contribution in [3.63, 3.8) is 0 Å². The van der Waals surface area contributed by atoms with Crippen LogP contribution < -0.4 is 9.88 Å². The molecule has 108 valence electrons. The van der Waals surface area contributed by atoms with Gasteiger partial charge in [-0.15, -0.1) is 0 Å². The van der Waals surface area contributed by atoms with Crippen molar-refractivity contribution in [2.75, 3.05) is 5.32 Å². The first kappa shape index (κ1) is 14.0. The first-order valence-corrected chi connectivity index (χ1v) is 7.53. The highest BCUT2D eigenvalue weighted by Gasteiger charge is 2.18. The Balaban J connectivity index is 1.89. The standard InChI is InChI=1S/C17H18ClN3/c1-12(2)21-16-6-4-3-5-15(16)20-17(21)19-11-13-7-9-14(18)10-8-13/h3-10,12H,11H2,1-2H3,(H,19,20)/p+1. The third-order valence-electron chi connectivity index (χ3n) is 3.55. The van der Waals surface area contributed by atoms with Gasteiger partial charge in [0.25, 0.3) is 0 Å². The van der Waals surface area contributed by atoms with Crippen LogP contribution in [0, 0.1) is 0 Å². The maximum absolute atomic E-state index is 5.92. The maximum Gasteiger partial charge on any atom is 0.356 e. The average Bonchev–Trinajstić information content (AvgIpc) is 2.85. The van der Waals surface area contributed by atoms with Gasteiger partial charge in [0.2, 0.25) is 0 Å². The minimum absolute atomic E-state index is 0.383. The van der Waals surface area contributed by atoms with Crippen molar-refractivity contribution in [3.05, 3.63) is 59.1 Å². The Morgan fingerprint density at radius 1 is 1.10 bits per heavy atom. The van der Waals surface area contributed by atoms with E-state index in [1.807, 2.05) is 30.3 Å². The Morgan fingerprint density at radius 3 is 2.52 bits per heavy atom. The van der Waals surface area contributed by atoms with Crippen LogP contribution in [0.5, 0.6) is 0 Å². The molecule has 0 aliphatic heterocycles. The highest BCUT2D eigenvalue weighted by atomic mass is 35.5. The molecular formula is C17H19ClN3+. The molecule has 4 heteroatoms. The van der Waals surface area contributed by atoms with Gasteiger partial charge in [0.15, 0.2) is 0 Å².